The third-order valence-electron chi connectivity index (χ3n) is 17.5. The predicted octanol–water partition coefficient (Wildman–Crippen LogP) is 20.2. The van der Waals surface area contributed by atoms with Crippen molar-refractivity contribution in [1.82, 2.24) is 0 Å². The van der Waals surface area contributed by atoms with Gasteiger partial charge in [0.2, 0.25) is 0 Å². The summed E-state index contributed by atoms with van der Waals surface area (Å²) in [4.78, 5) is 4.91. The zero-order chi connectivity index (χ0) is 52.8. The summed E-state index contributed by atoms with van der Waals surface area (Å²) in [6.45, 7) is 0. The fraction of sp³-hybridized carbons (Fsp3) is 0.0256. The van der Waals surface area contributed by atoms with Gasteiger partial charge < -0.3 is 9.80 Å². The van der Waals surface area contributed by atoms with Crippen molar-refractivity contribution in [2.24, 2.45) is 0 Å². The van der Waals surface area contributed by atoms with Crippen molar-refractivity contribution >= 4 is 66.4 Å². The van der Waals surface area contributed by atoms with Crippen LogP contribution in [0.5, 0.6) is 0 Å². The largest absolute Gasteiger partial charge is 0.310 e. The summed E-state index contributed by atoms with van der Waals surface area (Å²) in [6, 6.07) is 117. The van der Waals surface area contributed by atoms with Crippen molar-refractivity contribution in [2.45, 2.75) is 10.8 Å². The molecule has 0 N–H and O–H groups in total. The van der Waals surface area contributed by atoms with E-state index in [1.165, 1.54) is 99.1 Å². The van der Waals surface area contributed by atoms with Crippen LogP contribution >= 0.6 is 0 Å². The molecule has 2 heteroatoms. The lowest BCUT2D eigenvalue weighted by molar-refractivity contribution is 0.768. The van der Waals surface area contributed by atoms with E-state index in [9.17, 15) is 0 Å². The topological polar surface area (TPSA) is 6.48 Å². The van der Waals surface area contributed by atoms with Gasteiger partial charge in [-0.1, -0.05) is 255 Å². The summed E-state index contributed by atoms with van der Waals surface area (Å²) in [7, 11) is 0. The SMILES string of the molecule is c1ccc(N(c2ccc(C3(c4ccccc4)c4ccccc4-c4ccccc43)cc2)c2cc3ccc(N(c4ccccc4)c4ccc(C5(c6ccccc6)c6ccccc6-c6ccccc65)cc4)c4ccc5cccc2c5c34)cc1. The van der Waals surface area contributed by atoms with Crippen LogP contribution in [0, 0.1) is 0 Å². The van der Waals surface area contributed by atoms with E-state index in [4.69, 9.17) is 0 Å². The average molecular weight is 1020 g/mol. The molecule has 0 unspecified atom stereocenters. The molecule has 0 bridgehead atoms. The second-order valence-electron chi connectivity index (χ2n) is 21.4. The number of fused-ring (bicyclic) bond motifs is 6. The Kier molecular flexibility index (Phi) is 10.4. The van der Waals surface area contributed by atoms with Gasteiger partial charge in [0.25, 0.3) is 0 Å². The van der Waals surface area contributed by atoms with Crippen LogP contribution in [0.1, 0.15) is 44.5 Å². The van der Waals surface area contributed by atoms with Gasteiger partial charge in [0.15, 0.2) is 0 Å². The molecule has 2 aliphatic carbocycles. The fourth-order valence-corrected chi connectivity index (χ4v) is 14.3. The average Bonchev–Trinajstić information content (AvgIpc) is 4.20. The molecule has 14 aromatic rings. The highest BCUT2D eigenvalue weighted by Gasteiger charge is 2.47. The van der Waals surface area contributed by atoms with Crippen molar-refractivity contribution in [2.75, 3.05) is 9.80 Å². The van der Waals surface area contributed by atoms with E-state index in [-0.39, 0.29) is 0 Å². The van der Waals surface area contributed by atoms with E-state index >= 15 is 0 Å². The Bertz CT molecular complexity index is 4530. The molecule has 2 aliphatic rings. The Labute approximate surface area is 466 Å². The number of anilines is 6. The summed E-state index contributed by atoms with van der Waals surface area (Å²) in [5, 5.41) is 7.31. The van der Waals surface area contributed by atoms with Crippen LogP contribution in [0.3, 0.4) is 0 Å². The van der Waals surface area contributed by atoms with E-state index in [0.717, 1.165) is 34.1 Å². The molecule has 0 atom stereocenters. The smallest absolute Gasteiger partial charge is 0.0713 e. The quantitative estimate of drug-likeness (QED) is 0.126. The molecule has 0 aromatic heterocycles. The molecule has 80 heavy (non-hydrogen) atoms. The fourth-order valence-electron chi connectivity index (χ4n) is 14.3. The molecule has 0 saturated carbocycles. The van der Waals surface area contributed by atoms with Gasteiger partial charge in [-0.25, -0.2) is 0 Å². The Hall–Kier alpha value is -10.3. The third kappa shape index (κ3) is 6.60. The standard InChI is InChI=1S/C78H52N2/c1-5-23-55(24-6-1)77(69-36-17-13-31-63(69)64-32-14-18-37-70(64)77)57-42-46-61(47-43-57)79(59-27-9-3-10-28-59)73-51-41-54-52-74(67-35-21-22-53-40-50-68(73)76(54)75(53)67)80(60-29-11-4-12-30-60)62-48-44-58(45-49-62)78(56-25-7-2-8-26-56)71-38-19-15-33-65(71)66-34-16-20-39-72(66)78/h1-52H. The Balaban J connectivity index is 0.856. The van der Waals surface area contributed by atoms with Crippen LogP contribution in [0.4, 0.5) is 34.1 Å². The van der Waals surface area contributed by atoms with Crippen molar-refractivity contribution in [3.05, 3.63) is 360 Å². The maximum Gasteiger partial charge on any atom is 0.0713 e. The van der Waals surface area contributed by atoms with Gasteiger partial charge in [-0.15, -0.1) is 0 Å². The van der Waals surface area contributed by atoms with E-state index in [1.807, 2.05) is 0 Å². The number of para-hydroxylation sites is 2. The predicted molar refractivity (Wildman–Crippen MR) is 334 cm³/mol. The maximum atomic E-state index is 2.46. The molecular formula is C78H52N2. The first kappa shape index (κ1) is 45.9. The summed E-state index contributed by atoms with van der Waals surface area (Å²) in [5.74, 6) is 0. The summed E-state index contributed by atoms with van der Waals surface area (Å²) < 4.78 is 0. The molecule has 0 radical (unpaired) electrons. The van der Waals surface area contributed by atoms with Gasteiger partial charge in [-0.3, -0.25) is 0 Å². The molecule has 0 spiro atoms. The molecule has 0 saturated heterocycles. The first-order valence-electron chi connectivity index (χ1n) is 27.8. The van der Waals surface area contributed by atoms with Crippen LogP contribution in [0.15, 0.2) is 315 Å². The molecule has 2 nitrogen and oxygen atoms in total. The van der Waals surface area contributed by atoms with Crippen LogP contribution in [-0.2, 0) is 10.8 Å². The van der Waals surface area contributed by atoms with Crippen molar-refractivity contribution in [3.63, 3.8) is 0 Å². The minimum atomic E-state index is -0.485. The van der Waals surface area contributed by atoms with E-state index in [1.54, 1.807) is 0 Å². The highest BCUT2D eigenvalue weighted by molar-refractivity contribution is 6.29. The second-order valence-corrected chi connectivity index (χ2v) is 21.4. The Morgan fingerprint density at radius 1 is 0.212 bits per heavy atom. The molecule has 374 valence electrons. The van der Waals surface area contributed by atoms with Gasteiger partial charge in [-0.05, 0) is 149 Å². The van der Waals surface area contributed by atoms with Gasteiger partial charge in [0.05, 0.1) is 22.2 Å². The zero-order valence-corrected chi connectivity index (χ0v) is 43.9. The van der Waals surface area contributed by atoms with Gasteiger partial charge in [-0.2, -0.15) is 0 Å². The van der Waals surface area contributed by atoms with E-state index < -0.39 is 10.8 Å². The highest BCUT2D eigenvalue weighted by atomic mass is 15.2. The van der Waals surface area contributed by atoms with E-state index in [2.05, 4.69) is 325 Å². The van der Waals surface area contributed by atoms with Crippen molar-refractivity contribution in [1.29, 1.82) is 0 Å². The normalized spacial score (nSPS) is 13.4. The van der Waals surface area contributed by atoms with Crippen LogP contribution in [-0.4, -0.2) is 0 Å². The maximum absolute atomic E-state index is 2.46. The molecule has 16 rings (SSSR count). The van der Waals surface area contributed by atoms with Crippen molar-refractivity contribution in [3.8, 4) is 22.3 Å². The first-order chi connectivity index (χ1) is 39.7. The van der Waals surface area contributed by atoms with Crippen LogP contribution < -0.4 is 9.80 Å². The first-order valence-corrected chi connectivity index (χ1v) is 27.8. The zero-order valence-electron chi connectivity index (χ0n) is 43.9. The van der Waals surface area contributed by atoms with Gasteiger partial charge in [0.1, 0.15) is 0 Å². The van der Waals surface area contributed by atoms with Gasteiger partial charge >= 0.3 is 0 Å². The monoisotopic (exact) mass is 1020 g/mol. The Morgan fingerprint density at radius 3 is 1.00 bits per heavy atom. The summed E-state index contributed by atoms with van der Waals surface area (Å²) in [5.41, 5.74) is 21.1. The minimum absolute atomic E-state index is 0.482. The third-order valence-corrected chi connectivity index (χ3v) is 17.5. The lowest BCUT2D eigenvalue weighted by Crippen LogP contribution is -2.28. The molecule has 0 heterocycles. The number of benzene rings is 14. The lowest BCUT2D eigenvalue weighted by Gasteiger charge is -2.35. The number of hydrogen-bond acceptors (Lipinski definition) is 2. The summed E-state index contributed by atoms with van der Waals surface area (Å²) >= 11 is 0. The molecule has 0 fully saturated rings. The van der Waals surface area contributed by atoms with Crippen LogP contribution in [0.25, 0.3) is 54.6 Å². The molecule has 0 amide bonds. The second kappa shape index (κ2) is 18.2. The molecule has 0 aliphatic heterocycles. The Morgan fingerprint density at radius 2 is 0.550 bits per heavy atom. The molecule has 14 aromatic carbocycles. The number of hydrogen-bond donors (Lipinski definition) is 0. The van der Waals surface area contributed by atoms with Crippen molar-refractivity contribution < 1.29 is 0 Å². The highest BCUT2D eigenvalue weighted by Crippen LogP contribution is 2.58. The molecular weight excluding hydrogens is 965 g/mol. The lowest BCUT2D eigenvalue weighted by atomic mass is 9.68. The van der Waals surface area contributed by atoms with Crippen LogP contribution in [0.2, 0.25) is 0 Å². The number of nitrogens with zero attached hydrogens (tertiary/aromatic N) is 2. The van der Waals surface area contributed by atoms with Gasteiger partial charge in [0, 0.05) is 33.5 Å². The minimum Gasteiger partial charge on any atom is -0.310 e. The summed E-state index contributed by atoms with van der Waals surface area (Å²) in [6.07, 6.45) is 0. The number of rotatable bonds is 10. The van der Waals surface area contributed by atoms with E-state index in [0.29, 0.717) is 0 Å².